The Bertz CT molecular complexity index is 1060. The molecule has 0 aliphatic rings. The van der Waals surface area contributed by atoms with Crippen LogP contribution in [0.15, 0.2) is 39.3 Å². The summed E-state index contributed by atoms with van der Waals surface area (Å²) >= 11 is 0. The Morgan fingerprint density at radius 2 is 2.00 bits per heavy atom. The number of carbonyl (C=O) groups is 1. The molecule has 1 heterocycles. The van der Waals surface area contributed by atoms with Gasteiger partial charge in [0.15, 0.2) is 12.3 Å². The van der Waals surface area contributed by atoms with Crippen LogP contribution in [-0.2, 0) is 11.3 Å². The fourth-order valence-corrected chi connectivity index (χ4v) is 2.36. The van der Waals surface area contributed by atoms with Crippen LogP contribution in [0.2, 0.25) is 0 Å². The summed E-state index contributed by atoms with van der Waals surface area (Å²) in [5.74, 6) is -1.18. The maximum atomic E-state index is 12.5. The lowest BCUT2D eigenvalue weighted by atomic mass is 10.1. The molecule has 1 aromatic heterocycles. The predicted octanol–water partition coefficient (Wildman–Crippen LogP) is 2.85. The summed E-state index contributed by atoms with van der Waals surface area (Å²) in [4.78, 5) is 24.5. The van der Waals surface area contributed by atoms with Gasteiger partial charge in [-0.05, 0) is 26.0 Å². The third-order valence-electron chi connectivity index (χ3n) is 3.73. The van der Waals surface area contributed by atoms with Gasteiger partial charge in [0.1, 0.15) is 23.4 Å². The average molecular weight is 365 g/mol. The standard InChI is InChI=1S/C18H15N5O4/c1-3-23-16(24)13(10-20)11(2)15(17(23)25)22-21-14-7-5-4-6-12(14)18(26)27-9-8-19/h4-7,24H,3,9H2,1-2H3. The molecule has 0 saturated heterocycles. The number of pyridine rings is 1. The number of rotatable bonds is 5. The molecule has 0 atom stereocenters. The van der Waals surface area contributed by atoms with Crippen LogP contribution in [0.5, 0.6) is 5.88 Å². The Hall–Kier alpha value is -3.98. The highest BCUT2D eigenvalue weighted by Gasteiger charge is 2.19. The van der Waals surface area contributed by atoms with E-state index in [1.165, 1.54) is 19.1 Å². The van der Waals surface area contributed by atoms with Crippen molar-refractivity contribution in [3.63, 3.8) is 0 Å². The number of benzene rings is 1. The van der Waals surface area contributed by atoms with E-state index in [1.54, 1.807) is 25.1 Å². The lowest BCUT2D eigenvalue weighted by Crippen LogP contribution is -2.20. The second-order valence-corrected chi connectivity index (χ2v) is 5.28. The number of hydrogen-bond acceptors (Lipinski definition) is 8. The van der Waals surface area contributed by atoms with Crippen LogP contribution in [0, 0.1) is 29.6 Å². The molecule has 0 aliphatic heterocycles. The van der Waals surface area contributed by atoms with E-state index in [4.69, 9.17) is 10.00 Å². The van der Waals surface area contributed by atoms with Crippen LogP contribution in [0.3, 0.4) is 0 Å². The molecule has 2 aromatic rings. The summed E-state index contributed by atoms with van der Waals surface area (Å²) in [6.45, 7) is 2.84. The molecule has 0 bridgehead atoms. The van der Waals surface area contributed by atoms with E-state index >= 15 is 0 Å². The van der Waals surface area contributed by atoms with Gasteiger partial charge >= 0.3 is 5.97 Å². The van der Waals surface area contributed by atoms with Crippen LogP contribution in [-0.4, -0.2) is 22.2 Å². The Morgan fingerprint density at radius 3 is 2.63 bits per heavy atom. The summed E-state index contributed by atoms with van der Waals surface area (Å²) in [5.41, 5.74) is -0.422. The van der Waals surface area contributed by atoms with E-state index in [1.807, 2.05) is 6.07 Å². The first-order valence-corrected chi connectivity index (χ1v) is 7.87. The first-order chi connectivity index (χ1) is 13.0. The van der Waals surface area contributed by atoms with Gasteiger partial charge in [-0.3, -0.25) is 9.36 Å². The van der Waals surface area contributed by atoms with Gasteiger partial charge in [-0.15, -0.1) is 10.2 Å². The van der Waals surface area contributed by atoms with Gasteiger partial charge in [0.05, 0.1) is 5.56 Å². The summed E-state index contributed by atoms with van der Waals surface area (Å²) in [5, 5.41) is 35.6. The Labute approximate surface area is 154 Å². The summed E-state index contributed by atoms with van der Waals surface area (Å²) in [6.07, 6.45) is 0. The van der Waals surface area contributed by atoms with Crippen molar-refractivity contribution >= 4 is 17.3 Å². The molecule has 0 spiro atoms. The van der Waals surface area contributed by atoms with Gasteiger partial charge in [-0.25, -0.2) is 4.79 Å². The van der Waals surface area contributed by atoms with E-state index in [9.17, 15) is 20.0 Å². The molecule has 136 valence electrons. The maximum Gasteiger partial charge on any atom is 0.341 e. The van der Waals surface area contributed by atoms with Gasteiger partial charge in [-0.2, -0.15) is 10.5 Å². The van der Waals surface area contributed by atoms with Crippen molar-refractivity contribution in [1.29, 1.82) is 10.5 Å². The Morgan fingerprint density at radius 1 is 1.30 bits per heavy atom. The predicted molar refractivity (Wildman–Crippen MR) is 94.0 cm³/mol. The summed E-state index contributed by atoms with van der Waals surface area (Å²) in [6, 6.07) is 9.68. The van der Waals surface area contributed by atoms with Crippen LogP contribution in [0.1, 0.15) is 28.4 Å². The maximum absolute atomic E-state index is 12.5. The number of nitriles is 2. The number of nitrogens with zero attached hydrogens (tertiary/aromatic N) is 5. The van der Waals surface area contributed by atoms with E-state index in [2.05, 4.69) is 10.2 Å². The van der Waals surface area contributed by atoms with E-state index in [0.717, 1.165) is 4.57 Å². The van der Waals surface area contributed by atoms with Crippen LogP contribution in [0.25, 0.3) is 0 Å². The number of carbonyl (C=O) groups excluding carboxylic acids is 1. The highest BCUT2D eigenvalue weighted by molar-refractivity contribution is 5.94. The molecule has 27 heavy (non-hydrogen) atoms. The Balaban J connectivity index is 2.55. The number of aromatic hydroxyl groups is 1. The second-order valence-electron chi connectivity index (χ2n) is 5.28. The summed E-state index contributed by atoms with van der Waals surface area (Å²) < 4.78 is 5.77. The van der Waals surface area contributed by atoms with E-state index < -0.39 is 24.0 Å². The molecule has 1 N–H and O–H groups in total. The molecule has 0 radical (unpaired) electrons. The first-order valence-electron chi connectivity index (χ1n) is 7.87. The van der Waals surface area contributed by atoms with Crippen molar-refractivity contribution in [2.75, 3.05) is 6.61 Å². The van der Waals surface area contributed by atoms with Crippen molar-refractivity contribution in [2.24, 2.45) is 10.2 Å². The molecule has 9 nitrogen and oxygen atoms in total. The second kappa shape index (κ2) is 8.41. The minimum absolute atomic E-state index is 0.0734. The highest BCUT2D eigenvalue weighted by Crippen LogP contribution is 2.28. The molecule has 9 heteroatoms. The number of aromatic nitrogens is 1. The van der Waals surface area contributed by atoms with E-state index in [-0.39, 0.29) is 34.6 Å². The van der Waals surface area contributed by atoms with Crippen molar-refractivity contribution in [2.45, 2.75) is 20.4 Å². The van der Waals surface area contributed by atoms with Crippen molar-refractivity contribution in [3.8, 4) is 18.0 Å². The van der Waals surface area contributed by atoms with Gasteiger partial charge in [0.2, 0.25) is 5.88 Å². The lowest BCUT2D eigenvalue weighted by Gasteiger charge is -2.10. The van der Waals surface area contributed by atoms with E-state index in [0.29, 0.717) is 0 Å². The molecule has 0 fully saturated rings. The quantitative estimate of drug-likeness (QED) is 0.638. The zero-order chi connectivity index (χ0) is 20.0. The van der Waals surface area contributed by atoms with Gasteiger partial charge < -0.3 is 9.84 Å². The molecule has 0 saturated carbocycles. The minimum Gasteiger partial charge on any atom is -0.493 e. The topological polar surface area (TPSA) is 141 Å². The smallest absolute Gasteiger partial charge is 0.341 e. The van der Waals surface area contributed by atoms with Gasteiger partial charge in [0, 0.05) is 12.1 Å². The molecular weight excluding hydrogens is 350 g/mol. The van der Waals surface area contributed by atoms with Crippen LogP contribution in [0.4, 0.5) is 11.4 Å². The fraction of sp³-hybridized carbons (Fsp3) is 0.222. The normalized spacial score (nSPS) is 10.4. The number of hydrogen-bond donors (Lipinski definition) is 1. The monoisotopic (exact) mass is 365 g/mol. The fourth-order valence-electron chi connectivity index (χ4n) is 2.36. The van der Waals surface area contributed by atoms with Crippen molar-refractivity contribution in [3.05, 3.63) is 51.3 Å². The number of azo groups is 1. The zero-order valence-electron chi connectivity index (χ0n) is 14.6. The summed E-state index contributed by atoms with van der Waals surface area (Å²) in [7, 11) is 0. The molecule has 0 unspecified atom stereocenters. The molecule has 2 rings (SSSR count). The third-order valence-corrected chi connectivity index (χ3v) is 3.73. The molecule has 0 amide bonds. The first kappa shape index (κ1) is 19.3. The van der Waals surface area contributed by atoms with Crippen LogP contribution >= 0.6 is 0 Å². The van der Waals surface area contributed by atoms with Crippen molar-refractivity contribution in [1.82, 2.24) is 4.57 Å². The average Bonchev–Trinajstić information content (AvgIpc) is 2.67. The third kappa shape index (κ3) is 3.83. The minimum atomic E-state index is -0.753. The van der Waals surface area contributed by atoms with Crippen LogP contribution < -0.4 is 5.56 Å². The van der Waals surface area contributed by atoms with Crippen molar-refractivity contribution < 1.29 is 14.6 Å². The van der Waals surface area contributed by atoms with Gasteiger partial charge in [0.25, 0.3) is 5.56 Å². The van der Waals surface area contributed by atoms with Gasteiger partial charge in [-0.1, -0.05) is 12.1 Å². The molecule has 1 aromatic carbocycles. The lowest BCUT2D eigenvalue weighted by molar-refractivity contribution is 0.0556. The number of esters is 1. The highest BCUT2D eigenvalue weighted by atomic mass is 16.5. The zero-order valence-corrected chi connectivity index (χ0v) is 14.6. The SMILES string of the molecule is CCn1c(O)c(C#N)c(C)c(N=Nc2ccccc2C(=O)OCC#N)c1=O. The molecular formula is C18H15N5O4. The Kier molecular flexibility index (Phi) is 6.02. The largest absolute Gasteiger partial charge is 0.493 e. The molecule has 0 aliphatic carbocycles. The number of ether oxygens (including phenoxy) is 1.